The Hall–Kier alpha value is -2.62. The molecule has 130 valence electrons. The van der Waals surface area contributed by atoms with Gasteiger partial charge >= 0.3 is 0 Å². The molecule has 0 bridgehead atoms. The van der Waals surface area contributed by atoms with E-state index < -0.39 is 0 Å². The molecule has 0 radical (unpaired) electrons. The molecular weight excluding hydrogens is 312 g/mol. The van der Waals surface area contributed by atoms with Crippen LogP contribution >= 0.6 is 0 Å². The fraction of sp³-hybridized carbons (Fsp3) is 0.333. The number of para-hydroxylation sites is 2. The molecule has 0 N–H and O–H groups in total. The summed E-state index contributed by atoms with van der Waals surface area (Å²) >= 11 is 0. The number of hydrogen-bond acceptors (Lipinski definition) is 2. The van der Waals surface area contributed by atoms with Crippen molar-refractivity contribution in [3.05, 3.63) is 59.7 Å². The third-order valence-electron chi connectivity index (χ3n) is 4.56. The molecule has 0 aromatic heterocycles. The molecule has 1 aliphatic rings. The van der Waals surface area contributed by atoms with Crippen LogP contribution in [0.5, 0.6) is 0 Å². The van der Waals surface area contributed by atoms with E-state index in [4.69, 9.17) is 0 Å². The summed E-state index contributed by atoms with van der Waals surface area (Å²) in [7, 11) is 0. The van der Waals surface area contributed by atoms with E-state index in [1.54, 1.807) is 9.80 Å². The first-order chi connectivity index (χ1) is 12.0. The number of carbonyl (C=O) groups is 2. The first kappa shape index (κ1) is 17.2. The van der Waals surface area contributed by atoms with Crippen molar-refractivity contribution in [3.8, 4) is 0 Å². The van der Waals surface area contributed by atoms with Crippen LogP contribution < -0.4 is 9.80 Å². The molecule has 25 heavy (non-hydrogen) atoms. The number of fused-ring (bicyclic) bond motifs is 1. The second kappa shape index (κ2) is 7.09. The van der Waals surface area contributed by atoms with Crippen LogP contribution in [-0.2, 0) is 16.0 Å². The molecule has 2 aromatic carbocycles. The molecule has 4 nitrogen and oxygen atoms in total. The van der Waals surface area contributed by atoms with Crippen LogP contribution in [0.15, 0.2) is 48.5 Å². The Balaban J connectivity index is 1.79. The summed E-state index contributed by atoms with van der Waals surface area (Å²) in [6.45, 7) is 6.14. The van der Waals surface area contributed by atoms with Crippen molar-refractivity contribution < 1.29 is 9.59 Å². The zero-order valence-electron chi connectivity index (χ0n) is 15.0. The molecule has 0 saturated heterocycles. The van der Waals surface area contributed by atoms with Crippen LogP contribution in [0.4, 0.5) is 11.4 Å². The Labute approximate surface area is 149 Å². The van der Waals surface area contributed by atoms with Gasteiger partial charge in [-0.15, -0.1) is 0 Å². The van der Waals surface area contributed by atoms with E-state index in [0.29, 0.717) is 12.8 Å². The number of rotatable bonds is 4. The van der Waals surface area contributed by atoms with E-state index in [-0.39, 0.29) is 24.4 Å². The highest BCUT2D eigenvalue weighted by atomic mass is 16.2. The molecule has 1 aliphatic heterocycles. The lowest BCUT2D eigenvalue weighted by Gasteiger charge is -2.38. The lowest BCUT2D eigenvalue weighted by atomic mass is 10.1. The van der Waals surface area contributed by atoms with Crippen LogP contribution in [0.2, 0.25) is 0 Å². The number of amides is 2. The number of nitrogens with zero attached hydrogens (tertiary/aromatic N) is 2. The van der Waals surface area contributed by atoms with E-state index in [9.17, 15) is 9.59 Å². The molecular formula is C21H24N2O2. The predicted octanol–water partition coefficient (Wildman–Crippen LogP) is 3.72. The summed E-state index contributed by atoms with van der Waals surface area (Å²) in [6, 6.07) is 15.9. The molecule has 0 aliphatic carbocycles. The van der Waals surface area contributed by atoms with Gasteiger partial charge in [0.1, 0.15) is 6.54 Å². The van der Waals surface area contributed by atoms with E-state index in [1.165, 1.54) is 5.56 Å². The minimum atomic E-state index is -0.0302. The van der Waals surface area contributed by atoms with Gasteiger partial charge in [-0.05, 0) is 44.9 Å². The van der Waals surface area contributed by atoms with Crippen LogP contribution in [0.25, 0.3) is 0 Å². The van der Waals surface area contributed by atoms with Crippen molar-refractivity contribution in [1.82, 2.24) is 0 Å². The van der Waals surface area contributed by atoms with Crippen molar-refractivity contribution in [2.24, 2.45) is 0 Å². The van der Waals surface area contributed by atoms with Gasteiger partial charge in [-0.3, -0.25) is 9.59 Å². The first-order valence-corrected chi connectivity index (χ1v) is 8.74. The zero-order chi connectivity index (χ0) is 18.0. The van der Waals surface area contributed by atoms with Gasteiger partial charge in [-0.25, -0.2) is 0 Å². The average molecular weight is 336 g/mol. The lowest BCUT2D eigenvalue weighted by Crippen LogP contribution is -2.50. The maximum atomic E-state index is 12.8. The largest absolute Gasteiger partial charge is 0.306 e. The van der Waals surface area contributed by atoms with Crippen molar-refractivity contribution in [3.63, 3.8) is 0 Å². The molecule has 2 aromatic rings. The van der Waals surface area contributed by atoms with E-state index in [1.807, 2.05) is 45.0 Å². The van der Waals surface area contributed by atoms with Crippen LogP contribution in [0.3, 0.4) is 0 Å². The third kappa shape index (κ3) is 3.58. The Kier molecular flexibility index (Phi) is 4.88. The maximum Gasteiger partial charge on any atom is 0.247 e. The van der Waals surface area contributed by atoms with Gasteiger partial charge in [0.25, 0.3) is 0 Å². The minimum absolute atomic E-state index is 0.00946. The Bertz CT molecular complexity index is 781. The summed E-state index contributed by atoms with van der Waals surface area (Å²) in [5.41, 5.74) is 3.99. The third-order valence-corrected chi connectivity index (χ3v) is 4.56. The lowest BCUT2D eigenvalue weighted by molar-refractivity contribution is -0.123. The van der Waals surface area contributed by atoms with Gasteiger partial charge in [-0.1, -0.05) is 42.0 Å². The summed E-state index contributed by atoms with van der Waals surface area (Å²) in [5.74, 6) is -0.0397. The molecule has 0 atom stereocenters. The Morgan fingerprint density at radius 2 is 1.68 bits per heavy atom. The smallest absolute Gasteiger partial charge is 0.247 e. The highest BCUT2D eigenvalue weighted by Gasteiger charge is 2.33. The highest BCUT2D eigenvalue weighted by Crippen LogP contribution is 2.35. The maximum absolute atomic E-state index is 12.8. The minimum Gasteiger partial charge on any atom is -0.306 e. The van der Waals surface area contributed by atoms with Gasteiger partial charge in [-0.2, -0.15) is 0 Å². The Morgan fingerprint density at radius 3 is 2.32 bits per heavy atom. The molecule has 0 fully saturated rings. The van der Waals surface area contributed by atoms with Crippen molar-refractivity contribution in [1.29, 1.82) is 0 Å². The first-order valence-electron chi connectivity index (χ1n) is 8.74. The normalized spacial score (nSPS) is 14.0. The predicted molar refractivity (Wildman–Crippen MR) is 101 cm³/mol. The molecule has 0 saturated carbocycles. The summed E-state index contributed by atoms with van der Waals surface area (Å²) in [6.07, 6.45) is 1.08. The van der Waals surface area contributed by atoms with Crippen molar-refractivity contribution >= 4 is 23.2 Å². The second-order valence-electron chi connectivity index (χ2n) is 6.81. The van der Waals surface area contributed by atoms with Crippen LogP contribution in [0.1, 0.15) is 31.4 Å². The van der Waals surface area contributed by atoms with Crippen LogP contribution in [-0.4, -0.2) is 24.4 Å². The summed E-state index contributed by atoms with van der Waals surface area (Å²) < 4.78 is 0. The quantitative estimate of drug-likeness (QED) is 0.854. The van der Waals surface area contributed by atoms with Gasteiger partial charge in [0, 0.05) is 12.5 Å². The molecule has 4 heteroatoms. The number of carbonyl (C=O) groups excluding carboxylic acids is 2. The highest BCUT2D eigenvalue weighted by molar-refractivity contribution is 6.11. The van der Waals surface area contributed by atoms with Crippen LogP contribution in [0, 0.1) is 6.92 Å². The van der Waals surface area contributed by atoms with Gasteiger partial charge in [0.2, 0.25) is 11.8 Å². The summed E-state index contributed by atoms with van der Waals surface area (Å²) in [5, 5.41) is 0. The van der Waals surface area contributed by atoms with Gasteiger partial charge < -0.3 is 9.80 Å². The molecule has 2 amide bonds. The van der Waals surface area contributed by atoms with Gasteiger partial charge in [0.15, 0.2) is 0 Å². The van der Waals surface area contributed by atoms with E-state index >= 15 is 0 Å². The topological polar surface area (TPSA) is 40.6 Å². The molecule has 0 unspecified atom stereocenters. The number of hydrogen-bond donors (Lipinski definition) is 0. The van der Waals surface area contributed by atoms with Gasteiger partial charge in [0.05, 0.1) is 11.4 Å². The fourth-order valence-electron chi connectivity index (χ4n) is 3.26. The monoisotopic (exact) mass is 336 g/mol. The number of anilines is 2. The molecule has 1 heterocycles. The zero-order valence-corrected chi connectivity index (χ0v) is 15.0. The average Bonchev–Trinajstić information content (AvgIpc) is 2.59. The molecule has 3 rings (SSSR count). The van der Waals surface area contributed by atoms with E-state index in [2.05, 4.69) is 24.3 Å². The fourth-order valence-corrected chi connectivity index (χ4v) is 3.26. The second-order valence-corrected chi connectivity index (χ2v) is 6.81. The number of aryl methyl sites for hydroxylation is 2. The number of benzene rings is 2. The van der Waals surface area contributed by atoms with Crippen molar-refractivity contribution in [2.75, 3.05) is 16.3 Å². The Morgan fingerprint density at radius 1 is 1.04 bits per heavy atom. The standard InChI is InChI=1S/C21H24N2O2/c1-15(2)23-19-7-5-4-6-18(19)22(14-21(23)25)20(24)13-12-17-10-8-16(3)9-11-17/h4-11,15H,12-14H2,1-3H3. The summed E-state index contributed by atoms with van der Waals surface area (Å²) in [4.78, 5) is 28.7. The molecule has 0 spiro atoms. The van der Waals surface area contributed by atoms with Crippen molar-refractivity contribution in [2.45, 2.75) is 39.7 Å². The van der Waals surface area contributed by atoms with E-state index in [0.717, 1.165) is 16.9 Å². The SMILES string of the molecule is Cc1ccc(CCC(=O)N2CC(=O)N(C(C)C)c3ccccc32)cc1.